The van der Waals surface area contributed by atoms with Crippen LogP contribution in [0.2, 0.25) is 0 Å². The van der Waals surface area contributed by atoms with Gasteiger partial charge in [0.25, 0.3) is 5.91 Å². The summed E-state index contributed by atoms with van der Waals surface area (Å²) in [6.07, 6.45) is 2.11. The number of ether oxygens (including phenoxy) is 2. The van der Waals surface area contributed by atoms with Crippen LogP contribution in [0.25, 0.3) is 0 Å². The van der Waals surface area contributed by atoms with Gasteiger partial charge in [-0.1, -0.05) is 42.8 Å². The number of hydrogen-bond donors (Lipinski definition) is 3. The minimum atomic E-state index is -0.897. The Bertz CT molecular complexity index is 1330. The van der Waals surface area contributed by atoms with E-state index in [1.165, 1.54) is 6.21 Å². The molecule has 0 fully saturated rings. The maximum atomic E-state index is 12.4. The molecule has 0 unspecified atom stereocenters. The topological polar surface area (TPSA) is 118 Å². The molecule has 3 aromatic rings. The highest BCUT2D eigenvalue weighted by atomic mass is 127. The van der Waals surface area contributed by atoms with Crippen molar-refractivity contribution in [3.63, 3.8) is 0 Å². The van der Waals surface area contributed by atoms with Crippen molar-refractivity contribution in [1.82, 2.24) is 5.43 Å². The zero-order chi connectivity index (χ0) is 27.5. The number of nitrogens with one attached hydrogen (secondary N) is 3. The number of hydrazone groups is 1. The van der Waals surface area contributed by atoms with Crippen molar-refractivity contribution in [2.45, 2.75) is 27.2 Å². The van der Waals surface area contributed by atoms with Gasteiger partial charge < -0.3 is 20.1 Å². The normalized spacial score (nSPS) is 10.6. The number of halogens is 1. The fourth-order valence-electron chi connectivity index (χ4n) is 3.38. The number of carbonyl (C=O) groups is 3. The second-order valence-electron chi connectivity index (χ2n) is 8.13. The predicted octanol–water partition coefficient (Wildman–Crippen LogP) is 4.67. The van der Waals surface area contributed by atoms with E-state index in [1.807, 2.05) is 57.2 Å². The summed E-state index contributed by atoms with van der Waals surface area (Å²) in [7, 11) is 0. The molecule has 0 saturated carbocycles. The number of aryl methyl sites for hydroxylation is 2. The standard InChI is InChI=1S/C28H29IN4O5/c1-4-20-8-6-7-9-23(20)32-27(35)28(36)33-30-16-19-14-22(29)26(24(15-19)37-5-2)38-17-25(34)31-21-12-10-18(3)11-13-21/h6-16H,4-5,17H2,1-3H3,(H,31,34)(H,32,35)(H,33,36)/b30-16-. The molecule has 0 aliphatic heterocycles. The van der Waals surface area contributed by atoms with Gasteiger partial charge in [-0.3, -0.25) is 14.4 Å². The Morgan fingerprint density at radius 1 is 0.947 bits per heavy atom. The lowest BCUT2D eigenvalue weighted by molar-refractivity contribution is -0.136. The molecule has 0 bridgehead atoms. The van der Waals surface area contributed by atoms with Crippen molar-refractivity contribution in [2.75, 3.05) is 23.8 Å². The molecule has 0 spiro atoms. The second kappa shape index (κ2) is 14.1. The number of amides is 3. The fraction of sp³-hybridized carbons (Fsp3) is 0.214. The largest absolute Gasteiger partial charge is 0.490 e. The van der Waals surface area contributed by atoms with Crippen LogP contribution in [0.5, 0.6) is 11.5 Å². The molecule has 0 atom stereocenters. The van der Waals surface area contributed by atoms with Crippen molar-refractivity contribution in [3.8, 4) is 11.5 Å². The third-order valence-corrected chi connectivity index (χ3v) is 6.05. The van der Waals surface area contributed by atoms with E-state index in [1.54, 1.807) is 24.3 Å². The lowest BCUT2D eigenvalue weighted by atomic mass is 10.1. The number of anilines is 2. The minimum absolute atomic E-state index is 0.205. The maximum absolute atomic E-state index is 12.4. The number of rotatable bonds is 10. The first-order valence-corrected chi connectivity index (χ1v) is 13.1. The molecule has 3 rings (SSSR count). The molecule has 9 nitrogen and oxygen atoms in total. The van der Waals surface area contributed by atoms with E-state index >= 15 is 0 Å². The van der Waals surface area contributed by atoms with Gasteiger partial charge in [-0.2, -0.15) is 5.10 Å². The van der Waals surface area contributed by atoms with Gasteiger partial charge in [0.1, 0.15) is 0 Å². The van der Waals surface area contributed by atoms with Gasteiger partial charge in [0.2, 0.25) is 0 Å². The van der Waals surface area contributed by atoms with Crippen LogP contribution in [0.15, 0.2) is 65.8 Å². The van der Waals surface area contributed by atoms with E-state index in [4.69, 9.17) is 9.47 Å². The lowest BCUT2D eigenvalue weighted by Gasteiger charge is -2.14. The third kappa shape index (κ3) is 8.30. The van der Waals surface area contributed by atoms with Crippen molar-refractivity contribution >= 4 is 57.9 Å². The highest BCUT2D eigenvalue weighted by molar-refractivity contribution is 14.1. The summed E-state index contributed by atoms with van der Waals surface area (Å²) >= 11 is 2.07. The fourth-order valence-corrected chi connectivity index (χ4v) is 4.16. The first-order chi connectivity index (χ1) is 18.3. The molecule has 0 heterocycles. The first-order valence-electron chi connectivity index (χ1n) is 12.0. The highest BCUT2D eigenvalue weighted by Gasteiger charge is 2.16. The van der Waals surface area contributed by atoms with Crippen LogP contribution in [0.1, 0.15) is 30.5 Å². The average molecular weight is 628 g/mol. The minimum Gasteiger partial charge on any atom is -0.490 e. The SMILES string of the molecule is CCOc1cc(/C=N\NC(=O)C(=O)Nc2ccccc2CC)cc(I)c1OCC(=O)Nc1ccc(C)cc1. The molecular weight excluding hydrogens is 599 g/mol. The first kappa shape index (κ1) is 28.6. The summed E-state index contributed by atoms with van der Waals surface area (Å²) in [4.78, 5) is 36.8. The smallest absolute Gasteiger partial charge is 0.329 e. The number of carbonyl (C=O) groups excluding carboxylic acids is 3. The summed E-state index contributed by atoms with van der Waals surface area (Å²) in [5, 5.41) is 9.28. The van der Waals surface area contributed by atoms with Crippen LogP contribution >= 0.6 is 22.6 Å². The molecule has 0 aliphatic rings. The van der Waals surface area contributed by atoms with Crippen molar-refractivity contribution in [2.24, 2.45) is 5.10 Å². The van der Waals surface area contributed by atoms with Gasteiger partial charge in [0, 0.05) is 11.4 Å². The van der Waals surface area contributed by atoms with Gasteiger partial charge in [0.05, 0.1) is 16.4 Å². The molecule has 10 heteroatoms. The van der Waals surface area contributed by atoms with Crippen LogP contribution in [0, 0.1) is 10.5 Å². The third-order valence-electron chi connectivity index (χ3n) is 5.25. The number of benzene rings is 3. The van der Waals surface area contributed by atoms with Crippen molar-refractivity contribution in [3.05, 3.63) is 80.9 Å². The Kier molecular flexibility index (Phi) is 10.6. The van der Waals surface area contributed by atoms with Crippen LogP contribution in [-0.2, 0) is 20.8 Å². The molecule has 3 amide bonds. The van der Waals surface area contributed by atoms with E-state index in [0.717, 1.165) is 11.1 Å². The zero-order valence-electron chi connectivity index (χ0n) is 21.3. The summed E-state index contributed by atoms with van der Waals surface area (Å²) in [6.45, 7) is 5.93. The van der Waals surface area contributed by atoms with Crippen LogP contribution in [0.4, 0.5) is 11.4 Å². The molecule has 0 aliphatic carbocycles. The van der Waals surface area contributed by atoms with E-state index in [-0.39, 0.29) is 12.5 Å². The van der Waals surface area contributed by atoms with E-state index in [9.17, 15) is 14.4 Å². The summed E-state index contributed by atoms with van der Waals surface area (Å²) in [5.74, 6) is -1.18. The lowest BCUT2D eigenvalue weighted by Crippen LogP contribution is -2.32. The van der Waals surface area contributed by atoms with E-state index in [0.29, 0.717) is 45.0 Å². The van der Waals surface area contributed by atoms with Gasteiger partial charge >= 0.3 is 11.8 Å². The number of para-hydroxylation sites is 1. The zero-order valence-corrected chi connectivity index (χ0v) is 23.5. The van der Waals surface area contributed by atoms with Gasteiger partial charge in [-0.05, 0) is 84.3 Å². The Labute approximate surface area is 235 Å². The monoisotopic (exact) mass is 628 g/mol. The molecule has 3 N–H and O–H groups in total. The van der Waals surface area contributed by atoms with Crippen molar-refractivity contribution < 1.29 is 23.9 Å². The van der Waals surface area contributed by atoms with Gasteiger partial charge in [0.15, 0.2) is 18.1 Å². The molecule has 38 heavy (non-hydrogen) atoms. The van der Waals surface area contributed by atoms with Crippen LogP contribution < -0.4 is 25.5 Å². The quantitative estimate of drug-likeness (QED) is 0.131. The predicted molar refractivity (Wildman–Crippen MR) is 156 cm³/mol. The Balaban J connectivity index is 1.61. The summed E-state index contributed by atoms with van der Waals surface area (Å²) in [6, 6.07) is 18.2. The summed E-state index contributed by atoms with van der Waals surface area (Å²) < 4.78 is 12.2. The maximum Gasteiger partial charge on any atom is 0.329 e. The van der Waals surface area contributed by atoms with Crippen LogP contribution in [0.3, 0.4) is 0 Å². The molecule has 0 saturated heterocycles. The molecule has 198 valence electrons. The molecule has 3 aromatic carbocycles. The number of nitrogens with zero attached hydrogens (tertiary/aromatic N) is 1. The molecule has 0 radical (unpaired) electrons. The van der Waals surface area contributed by atoms with E-state index < -0.39 is 11.8 Å². The van der Waals surface area contributed by atoms with Gasteiger partial charge in [-0.15, -0.1) is 0 Å². The second-order valence-corrected chi connectivity index (χ2v) is 9.29. The number of hydrogen-bond acceptors (Lipinski definition) is 6. The molecular formula is C28H29IN4O5. The highest BCUT2D eigenvalue weighted by Crippen LogP contribution is 2.34. The van der Waals surface area contributed by atoms with Crippen LogP contribution in [-0.4, -0.2) is 37.1 Å². The Morgan fingerprint density at radius 2 is 1.68 bits per heavy atom. The summed E-state index contributed by atoms with van der Waals surface area (Å²) in [5.41, 5.74) is 6.12. The Morgan fingerprint density at radius 3 is 2.39 bits per heavy atom. The van der Waals surface area contributed by atoms with Crippen molar-refractivity contribution in [1.29, 1.82) is 0 Å². The van der Waals surface area contributed by atoms with E-state index in [2.05, 4.69) is 43.8 Å². The Hall–Kier alpha value is -3.93. The average Bonchev–Trinajstić information content (AvgIpc) is 2.90. The van der Waals surface area contributed by atoms with Gasteiger partial charge in [-0.25, -0.2) is 5.43 Å². The molecule has 0 aromatic heterocycles.